The molecule has 1 atom stereocenters. The molecule has 0 aromatic heterocycles. The molecular weight excluding hydrogens is 183 g/mol. The topological polar surface area (TPSA) is 46.3 Å². The summed E-state index contributed by atoms with van der Waals surface area (Å²) >= 11 is 0. The molecule has 0 spiro atoms. The van der Waals surface area contributed by atoms with E-state index >= 15 is 0 Å². The Morgan fingerprint density at radius 2 is 1.93 bits per heavy atom. The molecule has 0 aliphatic rings. The van der Waals surface area contributed by atoms with E-state index in [4.69, 9.17) is 5.73 Å². The minimum Gasteiger partial charge on any atom is -0.320 e. The van der Waals surface area contributed by atoms with Gasteiger partial charge in [-0.1, -0.05) is 0 Å². The highest BCUT2D eigenvalue weighted by Gasteiger charge is 2.14. The Morgan fingerprint density at radius 3 is 2.36 bits per heavy atom. The number of rotatable bonds is 2. The second-order valence-electron chi connectivity index (χ2n) is 3.16. The van der Waals surface area contributed by atoms with Gasteiger partial charge < -0.3 is 10.6 Å². The molecule has 14 heavy (non-hydrogen) atoms. The first kappa shape index (κ1) is 10.7. The highest BCUT2D eigenvalue weighted by atomic mass is 19.1. The van der Waals surface area contributed by atoms with Gasteiger partial charge in [0.05, 0.1) is 6.04 Å². The zero-order chi connectivity index (χ0) is 10.7. The molecule has 1 unspecified atom stereocenters. The van der Waals surface area contributed by atoms with Crippen molar-refractivity contribution in [2.45, 2.75) is 13.0 Å². The standard InChI is InChI=1S/C10H13FN2O/c1-7(12)10(14)13(2)9-5-3-8(11)4-6-9/h3-7H,12H2,1-2H3. The van der Waals surface area contributed by atoms with E-state index in [-0.39, 0.29) is 11.7 Å². The van der Waals surface area contributed by atoms with Crippen LogP contribution in [0.4, 0.5) is 10.1 Å². The summed E-state index contributed by atoms with van der Waals surface area (Å²) in [6.07, 6.45) is 0. The molecule has 4 heteroatoms. The van der Waals surface area contributed by atoms with Crippen LogP contribution in [0.3, 0.4) is 0 Å². The third kappa shape index (κ3) is 2.29. The summed E-state index contributed by atoms with van der Waals surface area (Å²) in [5.41, 5.74) is 6.07. The molecule has 3 nitrogen and oxygen atoms in total. The molecule has 1 amide bonds. The van der Waals surface area contributed by atoms with E-state index in [2.05, 4.69) is 0 Å². The van der Waals surface area contributed by atoms with Crippen molar-refractivity contribution in [1.82, 2.24) is 0 Å². The number of amides is 1. The number of halogens is 1. The van der Waals surface area contributed by atoms with E-state index in [0.29, 0.717) is 5.69 Å². The van der Waals surface area contributed by atoms with Gasteiger partial charge in [-0.3, -0.25) is 4.79 Å². The normalized spacial score (nSPS) is 12.3. The third-order valence-electron chi connectivity index (χ3n) is 1.93. The molecule has 2 N–H and O–H groups in total. The monoisotopic (exact) mass is 196 g/mol. The van der Waals surface area contributed by atoms with Crippen molar-refractivity contribution < 1.29 is 9.18 Å². The molecule has 0 bridgehead atoms. The summed E-state index contributed by atoms with van der Waals surface area (Å²) in [5.74, 6) is -0.521. The van der Waals surface area contributed by atoms with Gasteiger partial charge in [-0.05, 0) is 31.2 Å². The first-order chi connectivity index (χ1) is 6.52. The first-order valence-electron chi connectivity index (χ1n) is 4.31. The Labute approximate surface area is 82.3 Å². The summed E-state index contributed by atoms with van der Waals surface area (Å²) < 4.78 is 12.6. The molecule has 0 heterocycles. The van der Waals surface area contributed by atoms with Crippen molar-refractivity contribution in [1.29, 1.82) is 0 Å². The SMILES string of the molecule is CC(N)C(=O)N(C)c1ccc(F)cc1. The predicted molar refractivity (Wildman–Crippen MR) is 53.5 cm³/mol. The van der Waals surface area contributed by atoms with Crippen LogP contribution in [0.15, 0.2) is 24.3 Å². The number of carbonyl (C=O) groups is 1. The van der Waals surface area contributed by atoms with E-state index in [1.165, 1.54) is 29.2 Å². The third-order valence-corrected chi connectivity index (χ3v) is 1.93. The average Bonchev–Trinajstić information content (AvgIpc) is 2.16. The number of benzene rings is 1. The number of anilines is 1. The molecule has 0 aliphatic heterocycles. The average molecular weight is 196 g/mol. The Morgan fingerprint density at radius 1 is 1.43 bits per heavy atom. The van der Waals surface area contributed by atoms with Crippen LogP contribution in [0, 0.1) is 5.82 Å². The largest absolute Gasteiger partial charge is 0.320 e. The lowest BCUT2D eigenvalue weighted by molar-refractivity contribution is -0.119. The Kier molecular flexibility index (Phi) is 3.19. The van der Waals surface area contributed by atoms with Crippen molar-refractivity contribution >= 4 is 11.6 Å². The van der Waals surface area contributed by atoms with E-state index in [1.54, 1.807) is 14.0 Å². The quantitative estimate of drug-likeness (QED) is 0.770. The van der Waals surface area contributed by atoms with Gasteiger partial charge in [0, 0.05) is 12.7 Å². The molecule has 0 saturated heterocycles. The summed E-state index contributed by atoms with van der Waals surface area (Å²) in [6.45, 7) is 1.61. The van der Waals surface area contributed by atoms with Gasteiger partial charge >= 0.3 is 0 Å². The number of likely N-dealkylation sites (N-methyl/N-ethyl adjacent to an activating group) is 1. The predicted octanol–water partition coefficient (Wildman–Crippen LogP) is 1.14. The lowest BCUT2D eigenvalue weighted by atomic mass is 10.2. The molecule has 0 radical (unpaired) electrons. The molecule has 1 aromatic rings. The van der Waals surface area contributed by atoms with Gasteiger partial charge in [0.15, 0.2) is 0 Å². The van der Waals surface area contributed by atoms with E-state index in [1.807, 2.05) is 0 Å². The molecule has 0 saturated carbocycles. The fourth-order valence-corrected chi connectivity index (χ4v) is 1.10. The number of nitrogens with two attached hydrogens (primary N) is 1. The molecule has 76 valence electrons. The van der Waals surface area contributed by atoms with Crippen LogP contribution in [-0.2, 0) is 4.79 Å². The number of hydrogen-bond acceptors (Lipinski definition) is 2. The lowest BCUT2D eigenvalue weighted by Crippen LogP contribution is -2.39. The van der Waals surface area contributed by atoms with Crippen LogP contribution in [0.25, 0.3) is 0 Å². The minimum atomic E-state index is -0.551. The van der Waals surface area contributed by atoms with Crippen molar-refractivity contribution in [2.75, 3.05) is 11.9 Å². The van der Waals surface area contributed by atoms with Crippen molar-refractivity contribution in [3.63, 3.8) is 0 Å². The van der Waals surface area contributed by atoms with E-state index in [0.717, 1.165) is 0 Å². The van der Waals surface area contributed by atoms with Gasteiger partial charge in [0.1, 0.15) is 5.82 Å². The maximum absolute atomic E-state index is 12.6. The maximum atomic E-state index is 12.6. The second-order valence-corrected chi connectivity index (χ2v) is 3.16. The van der Waals surface area contributed by atoms with Gasteiger partial charge in [-0.15, -0.1) is 0 Å². The Balaban J connectivity index is 2.84. The van der Waals surface area contributed by atoms with Gasteiger partial charge in [0.25, 0.3) is 0 Å². The highest BCUT2D eigenvalue weighted by Crippen LogP contribution is 2.13. The Bertz CT molecular complexity index is 321. The van der Waals surface area contributed by atoms with Crippen LogP contribution in [-0.4, -0.2) is 19.0 Å². The van der Waals surface area contributed by atoms with Crippen LogP contribution >= 0.6 is 0 Å². The fraction of sp³-hybridized carbons (Fsp3) is 0.300. The summed E-state index contributed by atoms with van der Waals surface area (Å²) in [7, 11) is 1.61. The molecule has 1 rings (SSSR count). The van der Waals surface area contributed by atoms with Crippen molar-refractivity contribution in [3.8, 4) is 0 Å². The van der Waals surface area contributed by atoms with Crippen LogP contribution < -0.4 is 10.6 Å². The summed E-state index contributed by atoms with van der Waals surface area (Å²) in [4.78, 5) is 12.8. The number of carbonyl (C=O) groups excluding carboxylic acids is 1. The smallest absolute Gasteiger partial charge is 0.243 e. The van der Waals surface area contributed by atoms with Crippen LogP contribution in [0.2, 0.25) is 0 Å². The van der Waals surface area contributed by atoms with E-state index < -0.39 is 6.04 Å². The molecule has 0 aliphatic carbocycles. The first-order valence-corrected chi connectivity index (χ1v) is 4.31. The molecule has 1 aromatic carbocycles. The highest BCUT2D eigenvalue weighted by molar-refractivity contribution is 5.96. The van der Waals surface area contributed by atoms with Crippen molar-refractivity contribution in [3.05, 3.63) is 30.1 Å². The number of nitrogens with zero attached hydrogens (tertiary/aromatic N) is 1. The van der Waals surface area contributed by atoms with E-state index in [9.17, 15) is 9.18 Å². The molecular formula is C10H13FN2O. The maximum Gasteiger partial charge on any atom is 0.243 e. The lowest BCUT2D eigenvalue weighted by Gasteiger charge is -2.19. The Hall–Kier alpha value is -1.42. The summed E-state index contributed by atoms with van der Waals surface area (Å²) in [5, 5.41) is 0. The second kappa shape index (κ2) is 4.19. The zero-order valence-electron chi connectivity index (χ0n) is 8.20. The fourth-order valence-electron chi connectivity index (χ4n) is 1.10. The number of hydrogen-bond donors (Lipinski definition) is 1. The zero-order valence-corrected chi connectivity index (χ0v) is 8.20. The summed E-state index contributed by atoms with van der Waals surface area (Å²) in [6, 6.07) is 5.14. The van der Waals surface area contributed by atoms with Gasteiger partial charge in [-0.25, -0.2) is 4.39 Å². The van der Waals surface area contributed by atoms with Gasteiger partial charge in [-0.2, -0.15) is 0 Å². The minimum absolute atomic E-state index is 0.198. The van der Waals surface area contributed by atoms with Crippen molar-refractivity contribution in [2.24, 2.45) is 5.73 Å². The van der Waals surface area contributed by atoms with Gasteiger partial charge in [0.2, 0.25) is 5.91 Å². The molecule has 0 fully saturated rings. The van der Waals surface area contributed by atoms with Crippen LogP contribution in [0.5, 0.6) is 0 Å². The van der Waals surface area contributed by atoms with Crippen LogP contribution in [0.1, 0.15) is 6.92 Å².